The van der Waals surface area contributed by atoms with Crippen molar-refractivity contribution in [2.24, 2.45) is 0 Å². The number of alkyl halides is 1. The molecule has 1 aromatic heterocycles. The van der Waals surface area contributed by atoms with E-state index in [0.29, 0.717) is 11.7 Å². The van der Waals surface area contributed by atoms with Gasteiger partial charge < -0.3 is 9.26 Å². The highest BCUT2D eigenvalue weighted by Crippen LogP contribution is 2.18. The molecule has 2 aromatic rings. The van der Waals surface area contributed by atoms with Crippen LogP contribution in [0.2, 0.25) is 0 Å². The minimum atomic E-state index is -0.473. The van der Waals surface area contributed by atoms with Crippen LogP contribution in [0.4, 0.5) is 0 Å². The van der Waals surface area contributed by atoms with Gasteiger partial charge in [-0.05, 0) is 26.3 Å². The van der Waals surface area contributed by atoms with Crippen molar-refractivity contribution in [2.75, 3.05) is 0 Å². The summed E-state index contributed by atoms with van der Waals surface area (Å²) >= 11 is 5.62. The molecular weight excluding hydrogens is 292 g/mol. The van der Waals surface area contributed by atoms with Gasteiger partial charge in [-0.15, -0.1) is 11.6 Å². The lowest BCUT2D eigenvalue weighted by Gasteiger charge is -2.19. The number of hydrogen-bond acceptors (Lipinski definition) is 5. The van der Waals surface area contributed by atoms with E-state index in [0.717, 1.165) is 11.1 Å². The first-order valence-corrected chi connectivity index (χ1v) is 7.10. The van der Waals surface area contributed by atoms with Crippen LogP contribution in [0.3, 0.4) is 0 Å². The molecule has 0 bridgehead atoms. The highest BCUT2D eigenvalue weighted by Gasteiger charge is 2.16. The normalized spacial score (nSPS) is 11.4. The topological polar surface area (TPSA) is 65.2 Å². The Balaban J connectivity index is 2.03. The van der Waals surface area contributed by atoms with Crippen LogP contribution in [0.25, 0.3) is 11.4 Å². The van der Waals surface area contributed by atoms with Crippen molar-refractivity contribution in [3.63, 3.8) is 0 Å². The average Bonchev–Trinajstić information content (AvgIpc) is 2.86. The van der Waals surface area contributed by atoms with Crippen molar-refractivity contribution in [3.8, 4) is 11.4 Å². The minimum Gasteiger partial charge on any atom is -0.460 e. The van der Waals surface area contributed by atoms with Crippen LogP contribution in [0.5, 0.6) is 0 Å². The minimum absolute atomic E-state index is 0.184. The zero-order chi connectivity index (χ0) is 15.5. The Morgan fingerprint density at radius 1 is 1.29 bits per heavy atom. The lowest BCUT2D eigenvalue weighted by atomic mass is 10.1. The Labute approximate surface area is 128 Å². The summed E-state index contributed by atoms with van der Waals surface area (Å²) in [4.78, 5) is 15.9. The van der Waals surface area contributed by atoms with Crippen molar-refractivity contribution >= 4 is 17.6 Å². The van der Waals surface area contributed by atoms with Crippen molar-refractivity contribution in [1.82, 2.24) is 10.1 Å². The van der Waals surface area contributed by atoms with Gasteiger partial charge in [-0.3, -0.25) is 4.79 Å². The predicted molar refractivity (Wildman–Crippen MR) is 78.8 cm³/mol. The fourth-order valence-electron chi connectivity index (χ4n) is 1.74. The Kier molecular flexibility index (Phi) is 4.63. The second kappa shape index (κ2) is 6.26. The van der Waals surface area contributed by atoms with Gasteiger partial charge in [0.1, 0.15) is 11.5 Å². The maximum atomic E-state index is 11.7. The fourth-order valence-corrected chi connectivity index (χ4v) is 1.85. The Morgan fingerprint density at radius 3 is 2.48 bits per heavy atom. The number of carbonyl (C=O) groups is 1. The number of halogens is 1. The van der Waals surface area contributed by atoms with Gasteiger partial charge in [0, 0.05) is 5.56 Å². The number of hydrogen-bond donors (Lipinski definition) is 0. The Hall–Kier alpha value is -1.88. The number of esters is 1. The van der Waals surface area contributed by atoms with Gasteiger partial charge in [0.15, 0.2) is 0 Å². The smallest absolute Gasteiger partial charge is 0.310 e. The summed E-state index contributed by atoms with van der Waals surface area (Å²) in [5.74, 6) is 0.794. The molecule has 0 N–H and O–H groups in total. The van der Waals surface area contributed by atoms with Crippen molar-refractivity contribution in [3.05, 3.63) is 35.7 Å². The summed E-state index contributed by atoms with van der Waals surface area (Å²) in [6.45, 7) is 5.54. The summed E-state index contributed by atoms with van der Waals surface area (Å²) in [6, 6.07) is 7.36. The molecule has 21 heavy (non-hydrogen) atoms. The Morgan fingerprint density at radius 2 is 1.95 bits per heavy atom. The zero-order valence-corrected chi connectivity index (χ0v) is 13.0. The van der Waals surface area contributed by atoms with E-state index in [1.54, 1.807) is 0 Å². The SMILES string of the molecule is CC(C)(C)OC(=O)Cc1ccc(-c2noc(CCl)n2)cc1. The van der Waals surface area contributed by atoms with E-state index in [1.165, 1.54) is 0 Å². The van der Waals surface area contributed by atoms with Crippen LogP contribution in [0.1, 0.15) is 32.2 Å². The highest BCUT2D eigenvalue weighted by atomic mass is 35.5. The molecule has 6 heteroatoms. The molecule has 0 unspecified atom stereocenters. The van der Waals surface area contributed by atoms with Crippen molar-refractivity contribution < 1.29 is 14.1 Å². The molecule has 0 atom stereocenters. The van der Waals surface area contributed by atoms with Gasteiger partial charge in [-0.1, -0.05) is 29.4 Å². The molecule has 0 saturated heterocycles. The van der Waals surface area contributed by atoms with Crippen LogP contribution in [0.15, 0.2) is 28.8 Å². The average molecular weight is 309 g/mol. The summed E-state index contributed by atoms with van der Waals surface area (Å²) < 4.78 is 10.2. The first-order chi connectivity index (χ1) is 9.87. The van der Waals surface area contributed by atoms with Crippen LogP contribution in [0, 0.1) is 0 Å². The summed E-state index contributed by atoms with van der Waals surface area (Å²) in [5, 5.41) is 3.83. The monoisotopic (exact) mass is 308 g/mol. The fraction of sp³-hybridized carbons (Fsp3) is 0.400. The molecule has 0 radical (unpaired) electrons. The van der Waals surface area contributed by atoms with E-state index < -0.39 is 5.60 Å². The molecule has 1 heterocycles. The third-order valence-corrected chi connectivity index (χ3v) is 2.79. The molecule has 0 saturated carbocycles. The second-order valence-electron chi connectivity index (χ2n) is 5.61. The second-order valence-corrected chi connectivity index (χ2v) is 5.87. The van der Waals surface area contributed by atoms with Gasteiger partial charge in [0.05, 0.1) is 6.42 Å². The molecular formula is C15H17ClN2O3. The van der Waals surface area contributed by atoms with E-state index in [9.17, 15) is 4.79 Å². The molecule has 0 aliphatic rings. The summed E-state index contributed by atoms with van der Waals surface area (Å²) in [6.07, 6.45) is 0.233. The van der Waals surface area contributed by atoms with E-state index in [-0.39, 0.29) is 18.3 Å². The van der Waals surface area contributed by atoms with Crippen LogP contribution < -0.4 is 0 Å². The highest BCUT2D eigenvalue weighted by molar-refractivity contribution is 6.16. The number of rotatable bonds is 4. The quantitative estimate of drug-likeness (QED) is 0.640. The van der Waals surface area contributed by atoms with Gasteiger partial charge >= 0.3 is 5.97 Å². The molecule has 112 valence electrons. The lowest BCUT2D eigenvalue weighted by Crippen LogP contribution is -2.24. The zero-order valence-electron chi connectivity index (χ0n) is 12.2. The number of nitrogens with zero attached hydrogens (tertiary/aromatic N) is 2. The number of aromatic nitrogens is 2. The molecule has 0 amide bonds. The molecule has 0 aliphatic heterocycles. The number of benzene rings is 1. The molecule has 0 aliphatic carbocycles. The van der Waals surface area contributed by atoms with Gasteiger partial charge in [-0.25, -0.2) is 0 Å². The van der Waals surface area contributed by atoms with Crippen LogP contribution >= 0.6 is 11.6 Å². The lowest BCUT2D eigenvalue weighted by molar-refractivity contribution is -0.153. The molecule has 2 rings (SSSR count). The number of ether oxygens (including phenoxy) is 1. The standard InChI is InChI=1S/C15H17ClN2O3/c1-15(2,3)20-13(19)8-10-4-6-11(7-5-10)14-17-12(9-16)21-18-14/h4-7H,8-9H2,1-3H3. The van der Waals surface area contributed by atoms with Crippen molar-refractivity contribution in [2.45, 2.75) is 38.7 Å². The van der Waals surface area contributed by atoms with Crippen LogP contribution in [-0.4, -0.2) is 21.7 Å². The van der Waals surface area contributed by atoms with Crippen LogP contribution in [-0.2, 0) is 21.8 Å². The maximum absolute atomic E-state index is 11.7. The molecule has 0 spiro atoms. The van der Waals surface area contributed by atoms with E-state index in [4.69, 9.17) is 20.9 Å². The molecule has 0 fully saturated rings. The van der Waals surface area contributed by atoms with Gasteiger partial charge in [-0.2, -0.15) is 4.98 Å². The third kappa shape index (κ3) is 4.56. The van der Waals surface area contributed by atoms with E-state index in [2.05, 4.69) is 10.1 Å². The van der Waals surface area contributed by atoms with E-state index in [1.807, 2.05) is 45.0 Å². The predicted octanol–water partition coefficient (Wildman–Crippen LogP) is 3.36. The first-order valence-electron chi connectivity index (χ1n) is 6.57. The van der Waals surface area contributed by atoms with E-state index >= 15 is 0 Å². The number of carbonyl (C=O) groups excluding carboxylic acids is 1. The van der Waals surface area contributed by atoms with Crippen molar-refractivity contribution in [1.29, 1.82) is 0 Å². The maximum Gasteiger partial charge on any atom is 0.310 e. The third-order valence-electron chi connectivity index (χ3n) is 2.56. The Bertz CT molecular complexity index is 615. The van der Waals surface area contributed by atoms with Gasteiger partial charge in [0.25, 0.3) is 0 Å². The first kappa shape index (κ1) is 15.5. The molecule has 1 aromatic carbocycles. The largest absolute Gasteiger partial charge is 0.460 e. The van der Waals surface area contributed by atoms with Gasteiger partial charge in [0.2, 0.25) is 11.7 Å². The molecule has 5 nitrogen and oxygen atoms in total. The summed E-state index contributed by atoms with van der Waals surface area (Å²) in [5.41, 5.74) is 1.21. The summed E-state index contributed by atoms with van der Waals surface area (Å²) in [7, 11) is 0.